The van der Waals surface area contributed by atoms with Gasteiger partial charge in [0.15, 0.2) is 0 Å². The zero-order valence-corrected chi connectivity index (χ0v) is 13.3. The van der Waals surface area contributed by atoms with E-state index in [9.17, 15) is 9.90 Å². The molecule has 0 aromatic carbocycles. The molecule has 1 aliphatic carbocycles. The van der Waals surface area contributed by atoms with Gasteiger partial charge in [-0.15, -0.1) is 0 Å². The predicted molar refractivity (Wildman–Crippen MR) is 80.9 cm³/mol. The number of carboxylic acids is 1. The van der Waals surface area contributed by atoms with Crippen LogP contribution in [0.4, 0.5) is 0 Å². The second kappa shape index (κ2) is 6.44. The summed E-state index contributed by atoms with van der Waals surface area (Å²) in [5.41, 5.74) is 0.224. The Hall–Kier alpha value is -0.610. The summed E-state index contributed by atoms with van der Waals surface area (Å²) in [6.45, 7) is 10.9. The van der Waals surface area contributed by atoms with Crippen molar-refractivity contribution in [3.63, 3.8) is 0 Å². The first-order chi connectivity index (χ1) is 9.39. The summed E-state index contributed by atoms with van der Waals surface area (Å²) in [7, 11) is 0. The fraction of sp³-hybridized carbons (Fsp3) is 0.938. The fourth-order valence-electron chi connectivity index (χ4n) is 3.74. The van der Waals surface area contributed by atoms with E-state index in [4.69, 9.17) is 0 Å². The maximum atomic E-state index is 11.5. The molecule has 0 aromatic rings. The largest absolute Gasteiger partial charge is 0.481 e. The molecule has 1 aliphatic heterocycles. The van der Waals surface area contributed by atoms with Gasteiger partial charge in [-0.05, 0) is 33.6 Å². The third-order valence-electron chi connectivity index (χ3n) is 5.03. The lowest BCUT2D eigenvalue weighted by atomic mass is 9.92. The lowest BCUT2D eigenvalue weighted by Gasteiger charge is -2.45. The summed E-state index contributed by atoms with van der Waals surface area (Å²) in [4.78, 5) is 16.5. The highest BCUT2D eigenvalue weighted by Crippen LogP contribution is 2.29. The minimum absolute atomic E-state index is 0.154. The Bertz CT molecular complexity index is 330. The van der Waals surface area contributed by atoms with Gasteiger partial charge in [0, 0.05) is 37.8 Å². The molecule has 4 nitrogen and oxygen atoms in total. The number of aliphatic carboxylic acids is 1. The molecule has 1 saturated heterocycles. The van der Waals surface area contributed by atoms with E-state index >= 15 is 0 Å². The zero-order chi connectivity index (χ0) is 14.8. The molecule has 1 saturated carbocycles. The van der Waals surface area contributed by atoms with E-state index in [0.717, 1.165) is 45.4 Å². The van der Waals surface area contributed by atoms with Crippen LogP contribution in [0.5, 0.6) is 0 Å². The van der Waals surface area contributed by atoms with Crippen LogP contribution in [0.2, 0.25) is 0 Å². The van der Waals surface area contributed by atoms with Crippen molar-refractivity contribution >= 4 is 5.97 Å². The number of piperazine rings is 1. The molecule has 2 aliphatic rings. The van der Waals surface area contributed by atoms with Crippen molar-refractivity contribution in [2.24, 2.45) is 5.92 Å². The predicted octanol–water partition coefficient (Wildman–Crippen LogP) is 2.44. The summed E-state index contributed by atoms with van der Waals surface area (Å²) >= 11 is 0. The van der Waals surface area contributed by atoms with Gasteiger partial charge in [-0.3, -0.25) is 14.6 Å². The van der Waals surface area contributed by atoms with Crippen molar-refractivity contribution in [1.29, 1.82) is 0 Å². The Kier molecular flexibility index (Phi) is 5.08. The van der Waals surface area contributed by atoms with Crippen LogP contribution in [-0.2, 0) is 4.79 Å². The lowest BCUT2D eigenvalue weighted by Crippen LogP contribution is -2.57. The number of carbonyl (C=O) groups is 1. The quantitative estimate of drug-likeness (QED) is 0.790. The van der Waals surface area contributed by atoms with Crippen LogP contribution in [0, 0.1) is 5.92 Å². The number of nitrogens with zero attached hydrogens (tertiary/aromatic N) is 2. The molecule has 2 rings (SSSR count). The van der Waals surface area contributed by atoms with Crippen molar-refractivity contribution in [3.05, 3.63) is 0 Å². The number of hydrogen-bond acceptors (Lipinski definition) is 3. The van der Waals surface area contributed by atoms with Gasteiger partial charge in [-0.25, -0.2) is 0 Å². The third kappa shape index (κ3) is 3.73. The average molecular weight is 282 g/mol. The molecule has 0 radical (unpaired) electrons. The highest BCUT2D eigenvalue weighted by Gasteiger charge is 2.36. The van der Waals surface area contributed by atoms with Crippen molar-refractivity contribution in [1.82, 2.24) is 9.80 Å². The lowest BCUT2D eigenvalue weighted by molar-refractivity contribution is -0.145. The summed E-state index contributed by atoms with van der Waals surface area (Å²) in [6, 6.07) is 0.261. The average Bonchev–Trinajstić information content (AvgIpc) is 2.63. The molecule has 1 N–H and O–H groups in total. The van der Waals surface area contributed by atoms with Gasteiger partial charge in [-0.1, -0.05) is 19.3 Å². The highest BCUT2D eigenvalue weighted by atomic mass is 16.4. The van der Waals surface area contributed by atoms with Crippen LogP contribution < -0.4 is 0 Å². The summed E-state index contributed by atoms with van der Waals surface area (Å²) in [6.07, 6.45) is 5.39. The van der Waals surface area contributed by atoms with Crippen LogP contribution in [0.15, 0.2) is 0 Å². The van der Waals surface area contributed by atoms with E-state index in [2.05, 4.69) is 30.6 Å². The molecule has 2 atom stereocenters. The first-order valence-corrected chi connectivity index (χ1v) is 8.11. The topological polar surface area (TPSA) is 43.8 Å². The van der Waals surface area contributed by atoms with Crippen LogP contribution in [0.25, 0.3) is 0 Å². The van der Waals surface area contributed by atoms with Crippen LogP contribution >= 0.6 is 0 Å². The molecule has 2 unspecified atom stereocenters. The van der Waals surface area contributed by atoms with Crippen LogP contribution in [0.1, 0.15) is 52.9 Å². The second-order valence-electron chi connectivity index (χ2n) is 7.34. The third-order valence-corrected chi connectivity index (χ3v) is 5.03. The van der Waals surface area contributed by atoms with E-state index in [-0.39, 0.29) is 17.5 Å². The monoisotopic (exact) mass is 282 g/mol. The molecule has 1 heterocycles. The molecule has 0 aromatic heterocycles. The molecular formula is C16H30N2O2. The Labute approximate surface area is 123 Å². The first-order valence-electron chi connectivity index (χ1n) is 8.11. The molecule has 2 fully saturated rings. The van der Waals surface area contributed by atoms with Gasteiger partial charge in [0.05, 0.1) is 5.92 Å². The first kappa shape index (κ1) is 15.8. The number of carboxylic acid groups (broad SMARTS) is 1. The summed E-state index contributed by atoms with van der Waals surface area (Å²) < 4.78 is 0. The number of rotatable bonds is 2. The molecule has 0 spiro atoms. The van der Waals surface area contributed by atoms with Gasteiger partial charge in [-0.2, -0.15) is 0 Å². The van der Waals surface area contributed by atoms with Crippen LogP contribution in [0.3, 0.4) is 0 Å². The van der Waals surface area contributed by atoms with E-state index in [1.54, 1.807) is 0 Å². The molecule has 20 heavy (non-hydrogen) atoms. The van der Waals surface area contributed by atoms with Gasteiger partial charge < -0.3 is 5.11 Å². The molecule has 4 heteroatoms. The van der Waals surface area contributed by atoms with Crippen molar-refractivity contribution < 1.29 is 9.90 Å². The molecule has 0 bridgehead atoms. The second-order valence-corrected chi connectivity index (χ2v) is 7.34. The highest BCUT2D eigenvalue weighted by molar-refractivity contribution is 5.70. The minimum atomic E-state index is -0.588. The van der Waals surface area contributed by atoms with E-state index in [0.29, 0.717) is 0 Å². The van der Waals surface area contributed by atoms with Crippen molar-refractivity contribution in [2.75, 3.05) is 26.2 Å². The van der Waals surface area contributed by atoms with Gasteiger partial charge in [0.25, 0.3) is 0 Å². The SMILES string of the molecule is CC(C)(C)N1CCN(C2CCCCCC2C(=O)O)CC1. The molecular weight excluding hydrogens is 252 g/mol. The van der Waals surface area contributed by atoms with E-state index < -0.39 is 5.97 Å². The maximum Gasteiger partial charge on any atom is 0.308 e. The standard InChI is InChI=1S/C16H30N2O2/c1-16(2,3)18-11-9-17(10-12-18)14-8-6-4-5-7-13(14)15(19)20/h13-14H,4-12H2,1-3H3,(H,19,20). The Balaban J connectivity index is 1.98. The van der Waals surface area contributed by atoms with Crippen molar-refractivity contribution in [3.8, 4) is 0 Å². The molecule has 0 amide bonds. The number of hydrogen-bond donors (Lipinski definition) is 1. The zero-order valence-electron chi connectivity index (χ0n) is 13.3. The van der Waals surface area contributed by atoms with E-state index in [1.807, 2.05) is 0 Å². The van der Waals surface area contributed by atoms with Crippen molar-refractivity contribution in [2.45, 2.75) is 64.5 Å². The fourth-order valence-corrected chi connectivity index (χ4v) is 3.74. The van der Waals surface area contributed by atoms with Crippen LogP contribution in [-0.4, -0.2) is 58.6 Å². The maximum absolute atomic E-state index is 11.5. The Morgan fingerprint density at radius 3 is 2.15 bits per heavy atom. The van der Waals surface area contributed by atoms with Gasteiger partial charge >= 0.3 is 5.97 Å². The summed E-state index contributed by atoms with van der Waals surface area (Å²) in [5, 5.41) is 9.51. The van der Waals surface area contributed by atoms with Gasteiger partial charge in [0.1, 0.15) is 0 Å². The molecule has 116 valence electrons. The Morgan fingerprint density at radius 1 is 1.00 bits per heavy atom. The van der Waals surface area contributed by atoms with Gasteiger partial charge in [0.2, 0.25) is 0 Å². The normalized spacial score (nSPS) is 30.9. The van der Waals surface area contributed by atoms with E-state index in [1.165, 1.54) is 12.8 Å². The summed E-state index contributed by atoms with van der Waals surface area (Å²) in [5.74, 6) is -0.742. The minimum Gasteiger partial charge on any atom is -0.481 e. The Morgan fingerprint density at radius 2 is 1.60 bits per heavy atom. The smallest absolute Gasteiger partial charge is 0.308 e.